The number of hydrogen-bond acceptors (Lipinski definition) is 6. The quantitative estimate of drug-likeness (QED) is 0.813. The Balaban J connectivity index is 2.22. The fourth-order valence-corrected chi connectivity index (χ4v) is 1.65. The van der Waals surface area contributed by atoms with Gasteiger partial charge in [-0.25, -0.2) is 9.97 Å². The summed E-state index contributed by atoms with van der Waals surface area (Å²) in [5.74, 6) is 1.93. The molecular formula is C13H14N4O2S. The van der Waals surface area contributed by atoms with Gasteiger partial charge in [-0.2, -0.15) is 0 Å². The van der Waals surface area contributed by atoms with Gasteiger partial charge in [0.05, 0.1) is 26.6 Å². The van der Waals surface area contributed by atoms with E-state index in [2.05, 4.69) is 15.3 Å². The zero-order valence-electron chi connectivity index (χ0n) is 11.1. The number of anilines is 2. The molecule has 0 radical (unpaired) electrons. The van der Waals surface area contributed by atoms with E-state index < -0.39 is 0 Å². The summed E-state index contributed by atoms with van der Waals surface area (Å²) in [6, 6.07) is 5.43. The molecule has 0 aliphatic carbocycles. The lowest BCUT2D eigenvalue weighted by Crippen LogP contribution is -2.12. The lowest BCUT2D eigenvalue weighted by molar-refractivity contribution is 0.395. The Labute approximate surface area is 121 Å². The summed E-state index contributed by atoms with van der Waals surface area (Å²) in [5, 5.41) is 3.10. The van der Waals surface area contributed by atoms with Gasteiger partial charge in [0, 0.05) is 23.9 Å². The van der Waals surface area contributed by atoms with Crippen molar-refractivity contribution in [1.82, 2.24) is 9.97 Å². The number of ether oxygens (including phenoxy) is 2. The topological polar surface area (TPSA) is 82.3 Å². The van der Waals surface area contributed by atoms with Crippen LogP contribution in [0.15, 0.2) is 30.6 Å². The molecule has 0 unspecified atom stereocenters. The van der Waals surface area contributed by atoms with Gasteiger partial charge >= 0.3 is 0 Å². The van der Waals surface area contributed by atoms with E-state index >= 15 is 0 Å². The Morgan fingerprint density at radius 3 is 2.20 bits per heavy atom. The zero-order valence-corrected chi connectivity index (χ0v) is 11.9. The van der Waals surface area contributed by atoms with Gasteiger partial charge in [0.1, 0.15) is 28.0 Å². The number of methoxy groups -OCH3 is 2. The number of nitrogens with two attached hydrogens (primary N) is 1. The van der Waals surface area contributed by atoms with Crippen molar-refractivity contribution >= 4 is 28.7 Å². The van der Waals surface area contributed by atoms with Gasteiger partial charge in [-0.15, -0.1) is 0 Å². The standard InChI is InChI=1S/C13H14N4O2S/c1-18-9-3-8(4-10(5-9)19-2)17-12-7-15-11(6-16-12)13(14)20/h3-7H,1-2H3,(H2,14,20)(H,16,17). The van der Waals surface area contributed by atoms with Gasteiger partial charge in [0.15, 0.2) is 0 Å². The summed E-state index contributed by atoms with van der Waals surface area (Å²) >= 11 is 4.82. The summed E-state index contributed by atoms with van der Waals surface area (Å²) in [5.41, 5.74) is 6.72. The van der Waals surface area contributed by atoms with Crippen LogP contribution in [0.25, 0.3) is 0 Å². The first-order valence-electron chi connectivity index (χ1n) is 5.74. The van der Waals surface area contributed by atoms with E-state index in [9.17, 15) is 0 Å². The predicted molar refractivity (Wildman–Crippen MR) is 80.7 cm³/mol. The third kappa shape index (κ3) is 3.33. The molecule has 0 saturated carbocycles. The highest BCUT2D eigenvalue weighted by atomic mass is 32.1. The summed E-state index contributed by atoms with van der Waals surface area (Å²) in [6.07, 6.45) is 3.07. The van der Waals surface area contributed by atoms with E-state index in [1.807, 2.05) is 12.1 Å². The van der Waals surface area contributed by atoms with Gasteiger partial charge in [-0.05, 0) is 0 Å². The zero-order chi connectivity index (χ0) is 14.5. The Morgan fingerprint density at radius 1 is 1.10 bits per heavy atom. The van der Waals surface area contributed by atoms with Crippen LogP contribution >= 0.6 is 12.2 Å². The molecule has 0 aliphatic heterocycles. The van der Waals surface area contributed by atoms with E-state index in [-0.39, 0.29) is 4.99 Å². The SMILES string of the molecule is COc1cc(Nc2cnc(C(N)=S)cn2)cc(OC)c1. The molecule has 104 valence electrons. The minimum Gasteiger partial charge on any atom is -0.497 e. The van der Waals surface area contributed by atoms with Crippen molar-refractivity contribution in [2.24, 2.45) is 5.73 Å². The fraction of sp³-hybridized carbons (Fsp3) is 0.154. The highest BCUT2D eigenvalue weighted by molar-refractivity contribution is 7.80. The molecule has 6 nitrogen and oxygen atoms in total. The van der Waals surface area contributed by atoms with Crippen LogP contribution < -0.4 is 20.5 Å². The lowest BCUT2D eigenvalue weighted by atomic mass is 10.2. The van der Waals surface area contributed by atoms with Crippen LogP contribution in [0.5, 0.6) is 11.5 Å². The van der Waals surface area contributed by atoms with E-state index in [1.165, 1.54) is 6.20 Å². The number of aromatic nitrogens is 2. The van der Waals surface area contributed by atoms with Gasteiger partial charge in [0.25, 0.3) is 0 Å². The first kappa shape index (κ1) is 14.0. The first-order valence-corrected chi connectivity index (χ1v) is 6.15. The van der Waals surface area contributed by atoms with Crippen LogP contribution in [0.1, 0.15) is 5.69 Å². The number of nitrogens with one attached hydrogen (secondary N) is 1. The van der Waals surface area contributed by atoms with Crippen molar-refractivity contribution in [1.29, 1.82) is 0 Å². The third-order valence-corrected chi connectivity index (χ3v) is 2.74. The highest BCUT2D eigenvalue weighted by Crippen LogP contribution is 2.27. The molecular weight excluding hydrogens is 276 g/mol. The van der Waals surface area contributed by atoms with Crippen LogP contribution in [-0.4, -0.2) is 29.2 Å². The highest BCUT2D eigenvalue weighted by Gasteiger charge is 2.04. The lowest BCUT2D eigenvalue weighted by Gasteiger charge is -2.10. The molecule has 2 rings (SSSR count). The monoisotopic (exact) mass is 290 g/mol. The molecule has 1 aromatic heterocycles. The maximum absolute atomic E-state index is 5.47. The van der Waals surface area contributed by atoms with Crippen molar-refractivity contribution in [3.05, 3.63) is 36.3 Å². The Morgan fingerprint density at radius 2 is 1.75 bits per heavy atom. The number of rotatable bonds is 5. The van der Waals surface area contributed by atoms with E-state index in [4.69, 9.17) is 27.4 Å². The van der Waals surface area contributed by atoms with E-state index in [0.717, 1.165) is 5.69 Å². The average molecular weight is 290 g/mol. The molecule has 0 amide bonds. The largest absolute Gasteiger partial charge is 0.497 e. The minimum atomic E-state index is 0.215. The van der Waals surface area contributed by atoms with Crippen LogP contribution in [0.2, 0.25) is 0 Å². The Hall–Kier alpha value is -2.41. The molecule has 1 aromatic carbocycles. The normalized spacial score (nSPS) is 9.90. The summed E-state index contributed by atoms with van der Waals surface area (Å²) in [4.78, 5) is 8.50. The van der Waals surface area contributed by atoms with Crippen LogP contribution in [0.3, 0.4) is 0 Å². The van der Waals surface area contributed by atoms with Crippen molar-refractivity contribution in [3.8, 4) is 11.5 Å². The third-order valence-electron chi connectivity index (χ3n) is 2.53. The molecule has 7 heteroatoms. The second-order valence-electron chi connectivity index (χ2n) is 3.88. The minimum absolute atomic E-state index is 0.215. The van der Waals surface area contributed by atoms with Crippen molar-refractivity contribution in [2.75, 3.05) is 19.5 Å². The van der Waals surface area contributed by atoms with Gasteiger partial charge in [-0.1, -0.05) is 12.2 Å². The Bertz CT molecular complexity index is 594. The molecule has 0 aliphatic rings. The maximum atomic E-state index is 5.47. The number of benzene rings is 1. The van der Waals surface area contributed by atoms with Gasteiger partial charge in [-0.3, -0.25) is 0 Å². The summed E-state index contributed by atoms with van der Waals surface area (Å²) in [6.45, 7) is 0. The van der Waals surface area contributed by atoms with E-state index in [1.54, 1.807) is 26.5 Å². The number of nitrogens with zero attached hydrogens (tertiary/aromatic N) is 2. The van der Waals surface area contributed by atoms with E-state index in [0.29, 0.717) is 23.0 Å². The van der Waals surface area contributed by atoms with Crippen molar-refractivity contribution < 1.29 is 9.47 Å². The smallest absolute Gasteiger partial charge is 0.148 e. The Kier molecular flexibility index (Phi) is 4.31. The molecule has 1 heterocycles. The predicted octanol–water partition coefficient (Wildman–Crippen LogP) is 1.87. The fourth-order valence-electron chi connectivity index (χ4n) is 1.55. The van der Waals surface area contributed by atoms with Crippen LogP contribution in [0.4, 0.5) is 11.5 Å². The number of hydrogen-bond donors (Lipinski definition) is 2. The first-order chi connectivity index (χ1) is 9.62. The second-order valence-corrected chi connectivity index (χ2v) is 4.32. The molecule has 0 atom stereocenters. The molecule has 0 saturated heterocycles. The van der Waals surface area contributed by atoms with Crippen molar-refractivity contribution in [3.63, 3.8) is 0 Å². The second kappa shape index (κ2) is 6.16. The summed E-state index contributed by atoms with van der Waals surface area (Å²) in [7, 11) is 3.19. The van der Waals surface area contributed by atoms with Gasteiger partial charge in [0.2, 0.25) is 0 Å². The van der Waals surface area contributed by atoms with Crippen LogP contribution in [0, 0.1) is 0 Å². The van der Waals surface area contributed by atoms with Crippen molar-refractivity contribution in [2.45, 2.75) is 0 Å². The molecule has 0 spiro atoms. The molecule has 20 heavy (non-hydrogen) atoms. The number of thiocarbonyl (C=S) groups is 1. The maximum Gasteiger partial charge on any atom is 0.148 e. The molecule has 0 bridgehead atoms. The molecule has 2 aromatic rings. The molecule has 3 N–H and O–H groups in total. The van der Waals surface area contributed by atoms with Gasteiger partial charge < -0.3 is 20.5 Å². The molecule has 0 fully saturated rings. The van der Waals surface area contributed by atoms with Crippen LogP contribution in [-0.2, 0) is 0 Å². The average Bonchev–Trinajstić information content (AvgIpc) is 2.47. The summed E-state index contributed by atoms with van der Waals surface area (Å²) < 4.78 is 10.4.